The third kappa shape index (κ3) is 4.77. The number of ether oxygens (including phenoxy) is 4. The number of benzene rings is 3. The first-order valence-corrected chi connectivity index (χ1v) is 15.1. The molecule has 2 atom stereocenters. The first kappa shape index (κ1) is 30.4. The average Bonchev–Trinajstić information content (AvgIpc) is 3.07. The van der Waals surface area contributed by atoms with E-state index in [0.717, 1.165) is 0 Å². The molecule has 0 bridgehead atoms. The van der Waals surface area contributed by atoms with Crippen molar-refractivity contribution in [3.63, 3.8) is 0 Å². The van der Waals surface area contributed by atoms with Crippen molar-refractivity contribution < 1.29 is 37.4 Å². The van der Waals surface area contributed by atoms with Gasteiger partial charge in [-0.1, -0.05) is 48.5 Å². The van der Waals surface area contributed by atoms with Crippen molar-refractivity contribution in [2.24, 2.45) is 11.5 Å². The zero-order valence-corrected chi connectivity index (χ0v) is 25.7. The number of nitrogens with two attached hydrogens (primary N) is 2. The van der Waals surface area contributed by atoms with E-state index in [1.165, 1.54) is 0 Å². The molecule has 0 aliphatic carbocycles. The van der Waals surface area contributed by atoms with Gasteiger partial charge in [0.1, 0.15) is 22.3 Å². The normalized spacial score (nSPS) is 17.0. The number of hydrogen-bond acceptors (Lipinski definition) is 12. The highest BCUT2D eigenvalue weighted by Crippen LogP contribution is 2.47. The van der Waals surface area contributed by atoms with Crippen molar-refractivity contribution >= 4 is 33.9 Å². The van der Waals surface area contributed by atoms with E-state index in [0.29, 0.717) is 21.9 Å². The second-order valence-corrected chi connectivity index (χ2v) is 11.0. The number of carbonyl (C=O) groups is 2. The van der Waals surface area contributed by atoms with E-state index >= 15 is 0 Å². The number of carbonyl (C=O) groups excluding carboxylic acids is 2. The maximum absolute atomic E-state index is 13.5. The third-order valence-electron chi connectivity index (χ3n) is 8.30. The van der Waals surface area contributed by atoms with Crippen LogP contribution in [0.1, 0.15) is 47.9 Å². The van der Waals surface area contributed by atoms with E-state index < -0.39 is 35.0 Å². The third-order valence-corrected chi connectivity index (χ3v) is 8.30. The van der Waals surface area contributed by atoms with Crippen molar-refractivity contribution in [2.45, 2.75) is 25.7 Å². The minimum atomic E-state index is -1.05. The van der Waals surface area contributed by atoms with Crippen LogP contribution in [0.25, 0.3) is 21.9 Å². The number of fused-ring (bicyclic) bond motifs is 6. The van der Waals surface area contributed by atoms with Gasteiger partial charge in [0, 0.05) is 0 Å². The van der Waals surface area contributed by atoms with E-state index in [-0.39, 0.29) is 69.9 Å². The fraction of sp³-hybridized carbons (Fsp3) is 0.167. The highest BCUT2D eigenvalue weighted by Gasteiger charge is 2.41. The van der Waals surface area contributed by atoms with Crippen LogP contribution in [0.2, 0.25) is 0 Å². The molecular weight excluding hydrogens is 620 g/mol. The molecule has 4 N–H and O–H groups in total. The van der Waals surface area contributed by atoms with Gasteiger partial charge in [0.2, 0.25) is 11.8 Å². The van der Waals surface area contributed by atoms with Gasteiger partial charge >= 0.3 is 23.2 Å². The zero-order valence-electron chi connectivity index (χ0n) is 25.7. The molecule has 0 amide bonds. The lowest BCUT2D eigenvalue weighted by molar-refractivity contribution is -0.140. The molecule has 48 heavy (non-hydrogen) atoms. The zero-order chi connectivity index (χ0) is 33.7. The van der Waals surface area contributed by atoms with Crippen LogP contribution in [0.15, 0.2) is 114 Å². The van der Waals surface area contributed by atoms with Gasteiger partial charge in [-0.3, -0.25) is 0 Å². The Balaban J connectivity index is 1.42. The summed E-state index contributed by atoms with van der Waals surface area (Å²) in [5.41, 5.74) is 12.6. The Morgan fingerprint density at radius 3 is 1.38 bits per heavy atom. The smallest absolute Gasteiger partial charge is 0.344 e. The van der Waals surface area contributed by atoms with Gasteiger partial charge in [-0.05, 0) is 49.2 Å². The van der Waals surface area contributed by atoms with Crippen LogP contribution < -0.4 is 32.2 Å². The van der Waals surface area contributed by atoms with Crippen molar-refractivity contribution in [2.75, 3.05) is 13.2 Å². The molecule has 12 heteroatoms. The van der Waals surface area contributed by atoms with E-state index in [4.69, 9.17) is 39.2 Å². The van der Waals surface area contributed by atoms with Crippen molar-refractivity contribution in [1.82, 2.24) is 0 Å². The van der Waals surface area contributed by atoms with Crippen LogP contribution in [0.5, 0.6) is 11.5 Å². The SMILES string of the molecule is CCOC(=O)C1=C(N)Oc2c(c(=O)oc3ccccc23)C1c1ccc(C2C(C(=O)OCC)=C(N)Oc3c2c(=O)oc2ccccc32)cc1. The standard InChI is InChI=1S/C36H28N2O10/c1-3-43-33(39)27-23(25-29(47-31(27)37)19-9-5-7-11-21(19)45-35(25)41)17-13-15-18(16-14-17)24-26-30(48-32(38)28(24)34(40)44-4-2)20-10-6-8-12-22(20)46-36(26)42/h5-16,23-24H,3-4,37-38H2,1-2H3. The molecule has 0 radical (unpaired) electrons. The molecule has 7 rings (SSSR count). The van der Waals surface area contributed by atoms with Crippen LogP contribution in [0.3, 0.4) is 0 Å². The summed E-state index contributed by atoms with van der Waals surface area (Å²) in [5, 5.41) is 0.967. The summed E-state index contributed by atoms with van der Waals surface area (Å²) < 4.78 is 33.7. The summed E-state index contributed by atoms with van der Waals surface area (Å²) >= 11 is 0. The molecule has 2 aromatic heterocycles. The minimum Gasteiger partial charge on any atom is -0.462 e. The largest absolute Gasteiger partial charge is 0.462 e. The van der Waals surface area contributed by atoms with Crippen LogP contribution >= 0.6 is 0 Å². The number of hydrogen-bond donors (Lipinski definition) is 2. The summed E-state index contributed by atoms with van der Waals surface area (Å²) in [6.45, 7) is 3.38. The second kappa shape index (κ2) is 11.8. The molecule has 0 spiro atoms. The Kier molecular flexibility index (Phi) is 7.47. The number of esters is 2. The molecule has 0 fully saturated rings. The van der Waals surface area contributed by atoms with Gasteiger partial charge in [0.05, 0.1) is 46.9 Å². The summed E-state index contributed by atoms with van der Waals surface area (Å²) in [5.74, 6) is -3.79. The molecule has 2 unspecified atom stereocenters. The first-order chi connectivity index (χ1) is 23.2. The predicted octanol–water partition coefficient (Wildman–Crippen LogP) is 4.41. The second-order valence-electron chi connectivity index (χ2n) is 11.0. The summed E-state index contributed by atoms with van der Waals surface area (Å²) in [6, 6.07) is 20.2. The van der Waals surface area contributed by atoms with Crippen molar-refractivity contribution in [1.29, 1.82) is 0 Å². The van der Waals surface area contributed by atoms with E-state index in [2.05, 4.69) is 0 Å². The van der Waals surface area contributed by atoms with Gasteiger partial charge in [-0.15, -0.1) is 0 Å². The van der Waals surface area contributed by atoms with E-state index in [9.17, 15) is 19.2 Å². The molecule has 0 saturated carbocycles. The molecule has 5 aromatic rings. The lowest BCUT2D eigenvalue weighted by atomic mass is 9.80. The van der Waals surface area contributed by atoms with Gasteiger partial charge in [-0.25, -0.2) is 19.2 Å². The Morgan fingerprint density at radius 1 is 0.625 bits per heavy atom. The first-order valence-electron chi connectivity index (χ1n) is 15.1. The Hall–Kier alpha value is -6.30. The van der Waals surface area contributed by atoms with E-state index in [1.807, 2.05) is 0 Å². The van der Waals surface area contributed by atoms with Crippen LogP contribution in [0, 0.1) is 0 Å². The molecular formula is C36H28N2O10. The Bertz CT molecular complexity index is 2170. The fourth-order valence-electron chi connectivity index (χ4n) is 6.29. The lowest BCUT2D eigenvalue weighted by Crippen LogP contribution is -2.31. The average molecular weight is 649 g/mol. The van der Waals surface area contributed by atoms with Crippen LogP contribution in [-0.2, 0) is 19.1 Å². The summed E-state index contributed by atoms with van der Waals surface area (Å²) in [4.78, 5) is 53.6. The fourth-order valence-corrected chi connectivity index (χ4v) is 6.29. The molecule has 2 aliphatic rings. The van der Waals surface area contributed by atoms with Crippen molar-refractivity contribution in [3.05, 3.63) is 139 Å². The minimum absolute atomic E-state index is 0.0469. The highest BCUT2D eigenvalue weighted by molar-refractivity contribution is 5.96. The van der Waals surface area contributed by atoms with Crippen molar-refractivity contribution in [3.8, 4) is 11.5 Å². The van der Waals surface area contributed by atoms with Gasteiger partial charge < -0.3 is 39.2 Å². The molecule has 242 valence electrons. The maximum Gasteiger partial charge on any atom is 0.344 e. The van der Waals surface area contributed by atoms with Crippen LogP contribution in [-0.4, -0.2) is 25.2 Å². The lowest BCUT2D eigenvalue weighted by Gasteiger charge is -2.29. The predicted molar refractivity (Wildman–Crippen MR) is 172 cm³/mol. The number of rotatable bonds is 6. The molecule has 12 nitrogen and oxygen atoms in total. The molecule has 3 aromatic carbocycles. The topological polar surface area (TPSA) is 184 Å². The molecule has 4 heterocycles. The number of para-hydroxylation sites is 2. The van der Waals surface area contributed by atoms with Crippen LogP contribution in [0.4, 0.5) is 0 Å². The Labute approximate surface area is 271 Å². The summed E-state index contributed by atoms with van der Waals surface area (Å²) in [7, 11) is 0. The highest BCUT2D eigenvalue weighted by atomic mass is 16.5. The molecule has 0 saturated heterocycles. The Morgan fingerprint density at radius 2 is 1.00 bits per heavy atom. The van der Waals surface area contributed by atoms with Gasteiger partial charge in [-0.2, -0.15) is 0 Å². The van der Waals surface area contributed by atoms with Gasteiger partial charge in [0.25, 0.3) is 0 Å². The molecule has 2 aliphatic heterocycles. The van der Waals surface area contributed by atoms with E-state index in [1.54, 1.807) is 86.6 Å². The summed E-state index contributed by atoms with van der Waals surface area (Å²) in [6.07, 6.45) is 0. The monoisotopic (exact) mass is 648 g/mol. The van der Waals surface area contributed by atoms with Gasteiger partial charge in [0.15, 0.2) is 11.5 Å². The maximum atomic E-state index is 13.5. The quantitative estimate of drug-likeness (QED) is 0.196.